The lowest BCUT2D eigenvalue weighted by atomic mass is 10.3. The van der Waals surface area contributed by atoms with Gasteiger partial charge in [0.25, 0.3) is 5.91 Å². The first kappa shape index (κ1) is 15.9. The third kappa shape index (κ3) is 4.54. The van der Waals surface area contributed by atoms with Crippen LogP contribution in [0.4, 0.5) is 5.00 Å². The smallest absolute Gasteiger partial charge is 0.324 e. The molecule has 0 fully saturated rings. The van der Waals surface area contributed by atoms with Crippen LogP contribution in [0.5, 0.6) is 5.75 Å². The van der Waals surface area contributed by atoms with Gasteiger partial charge >= 0.3 is 5.00 Å². The van der Waals surface area contributed by atoms with E-state index in [2.05, 4.69) is 10.5 Å². The molecule has 0 aliphatic heterocycles. The minimum absolute atomic E-state index is 0.00910. The zero-order chi connectivity index (χ0) is 15.9. The molecular formula is C13H10ClN3O4S. The second kappa shape index (κ2) is 7.53. The molecule has 0 radical (unpaired) electrons. The summed E-state index contributed by atoms with van der Waals surface area (Å²) in [4.78, 5) is 22.1. The molecule has 0 spiro atoms. The number of benzene rings is 1. The number of para-hydroxylation sites is 1. The molecule has 1 N–H and O–H groups in total. The first-order chi connectivity index (χ1) is 10.6. The third-order valence-electron chi connectivity index (χ3n) is 2.37. The summed E-state index contributed by atoms with van der Waals surface area (Å²) in [7, 11) is 0. The fourth-order valence-electron chi connectivity index (χ4n) is 1.41. The summed E-state index contributed by atoms with van der Waals surface area (Å²) in [6.45, 7) is -0.244. The molecule has 0 saturated heterocycles. The molecule has 1 aromatic heterocycles. The number of hydrogen-bond donors (Lipinski definition) is 1. The van der Waals surface area contributed by atoms with Gasteiger partial charge in [-0.25, -0.2) is 5.43 Å². The Hall–Kier alpha value is -2.45. The Morgan fingerprint density at radius 3 is 2.86 bits per heavy atom. The maximum Gasteiger partial charge on any atom is 0.324 e. The molecule has 1 aromatic carbocycles. The maximum absolute atomic E-state index is 11.5. The highest BCUT2D eigenvalue weighted by Crippen LogP contribution is 2.23. The number of nitrogens with one attached hydrogen (secondary N) is 1. The first-order valence-electron chi connectivity index (χ1n) is 5.99. The molecule has 1 heterocycles. The van der Waals surface area contributed by atoms with E-state index < -0.39 is 10.8 Å². The average Bonchev–Trinajstić information content (AvgIpc) is 2.95. The van der Waals surface area contributed by atoms with Gasteiger partial charge in [-0.1, -0.05) is 35.1 Å². The lowest BCUT2D eigenvalue weighted by Gasteiger charge is -2.05. The number of hydrogen-bond acceptors (Lipinski definition) is 6. The summed E-state index contributed by atoms with van der Waals surface area (Å²) in [5, 5.41) is 14.6. The molecule has 0 bridgehead atoms. The van der Waals surface area contributed by atoms with Gasteiger partial charge in [0, 0.05) is 6.07 Å². The highest BCUT2D eigenvalue weighted by molar-refractivity contribution is 7.16. The van der Waals surface area contributed by atoms with Gasteiger partial charge in [-0.2, -0.15) is 5.10 Å². The van der Waals surface area contributed by atoms with E-state index in [1.165, 1.54) is 12.3 Å². The SMILES string of the molecule is O=C(COc1ccccc1Cl)N/N=C/c1ccc([N+](=O)[O-])s1. The minimum Gasteiger partial charge on any atom is -0.482 e. The Balaban J connectivity index is 1.81. The topological polar surface area (TPSA) is 93.8 Å². The monoisotopic (exact) mass is 339 g/mol. The number of nitrogens with zero attached hydrogens (tertiary/aromatic N) is 2. The van der Waals surface area contributed by atoms with Gasteiger partial charge in [0.15, 0.2) is 6.61 Å². The van der Waals surface area contributed by atoms with Crippen molar-refractivity contribution in [1.29, 1.82) is 0 Å². The van der Waals surface area contributed by atoms with Crippen molar-refractivity contribution in [3.8, 4) is 5.75 Å². The van der Waals surface area contributed by atoms with Gasteiger partial charge in [-0.3, -0.25) is 14.9 Å². The minimum atomic E-state index is -0.488. The molecule has 0 aliphatic carbocycles. The number of carbonyl (C=O) groups excluding carboxylic acids is 1. The second-order valence-corrected chi connectivity index (χ2v) is 5.45. The Bertz CT molecular complexity index is 717. The summed E-state index contributed by atoms with van der Waals surface area (Å²) in [5.41, 5.74) is 2.26. The van der Waals surface area contributed by atoms with E-state index in [1.807, 2.05) is 0 Å². The number of thiophene rings is 1. The standard InChI is InChI=1S/C13H10ClN3O4S/c14-10-3-1-2-4-11(10)21-8-12(18)16-15-7-9-5-6-13(22-9)17(19)20/h1-7H,8H2,(H,16,18)/b15-7+. The number of nitro groups is 1. The number of hydrazone groups is 1. The Morgan fingerprint density at radius 1 is 1.41 bits per heavy atom. The van der Waals surface area contributed by atoms with Crippen LogP contribution in [-0.2, 0) is 4.79 Å². The van der Waals surface area contributed by atoms with Crippen LogP contribution >= 0.6 is 22.9 Å². The third-order valence-corrected chi connectivity index (χ3v) is 3.65. The Kier molecular flexibility index (Phi) is 5.45. The van der Waals surface area contributed by atoms with Crippen LogP contribution in [0.3, 0.4) is 0 Å². The fraction of sp³-hybridized carbons (Fsp3) is 0.0769. The van der Waals surface area contributed by atoms with E-state index in [0.717, 1.165) is 11.3 Å². The van der Waals surface area contributed by atoms with Gasteiger partial charge < -0.3 is 4.74 Å². The van der Waals surface area contributed by atoms with Gasteiger partial charge in [0.2, 0.25) is 0 Å². The molecule has 2 aromatic rings. The molecule has 0 aliphatic rings. The van der Waals surface area contributed by atoms with Crippen molar-refractivity contribution in [2.75, 3.05) is 6.61 Å². The lowest BCUT2D eigenvalue weighted by Crippen LogP contribution is -2.24. The van der Waals surface area contributed by atoms with Crippen molar-refractivity contribution in [2.45, 2.75) is 0 Å². The molecule has 1 amide bonds. The highest BCUT2D eigenvalue weighted by atomic mass is 35.5. The lowest BCUT2D eigenvalue weighted by molar-refractivity contribution is -0.380. The number of halogens is 1. The summed E-state index contributed by atoms with van der Waals surface area (Å²) < 4.78 is 5.23. The van der Waals surface area contributed by atoms with Crippen LogP contribution in [-0.4, -0.2) is 23.7 Å². The van der Waals surface area contributed by atoms with Gasteiger partial charge in [0.1, 0.15) is 5.75 Å². The van der Waals surface area contributed by atoms with E-state index >= 15 is 0 Å². The Morgan fingerprint density at radius 2 is 2.18 bits per heavy atom. The summed E-state index contributed by atoms with van der Waals surface area (Å²) in [5.74, 6) is -0.0700. The van der Waals surface area contributed by atoms with Crippen LogP contribution in [0, 0.1) is 10.1 Å². The predicted octanol–water partition coefficient (Wildman–Crippen LogP) is 2.84. The number of ether oxygens (including phenoxy) is 1. The normalized spacial score (nSPS) is 10.6. The molecule has 7 nitrogen and oxygen atoms in total. The van der Waals surface area contributed by atoms with Crippen LogP contribution < -0.4 is 10.2 Å². The summed E-state index contributed by atoms with van der Waals surface area (Å²) >= 11 is 6.84. The van der Waals surface area contributed by atoms with E-state index in [9.17, 15) is 14.9 Å². The molecule has 0 saturated carbocycles. The van der Waals surface area contributed by atoms with Crippen LogP contribution in [0.15, 0.2) is 41.5 Å². The zero-order valence-corrected chi connectivity index (χ0v) is 12.6. The van der Waals surface area contributed by atoms with Crippen LogP contribution in [0.1, 0.15) is 4.88 Å². The van der Waals surface area contributed by atoms with Crippen molar-refractivity contribution in [2.24, 2.45) is 5.10 Å². The molecule has 2 rings (SSSR count). The molecule has 9 heteroatoms. The van der Waals surface area contributed by atoms with E-state index in [4.69, 9.17) is 16.3 Å². The van der Waals surface area contributed by atoms with E-state index in [-0.39, 0.29) is 11.6 Å². The van der Waals surface area contributed by atoms with Crippen molar-refractivity contribution in [3.05, 3.63) is 56.4 Å². The molecule has 0 unspecified atom stereocenters. The quantitative estimate of drug-likeness (QED) is 0.497. The van der Waals surface area contributed by atoms with Gasteiger partial charge in [-0.05, 0) is 18.2 Å². The van der Waals surface area contributed by atoms with Crippen molar-refractivity contribution in [3.63, 3.8) is 0 Å². The first-order valence-corrected chi connectivity index (χ1v) is 7.19. The highest BCUT2D eigenvalue weighted by Gasteiger charge is 2.08. The summed E-state index contributed by atoms with van der Waals surface area (Å²) in [6.07, 6.45) is 1.32. The Labute approximate surface area is 134 Å². The molecular weight excluding hydrogens is 330 g/mol. The van der Waals surface area contributed by atoms with Crippen molar-refractivity contribution in [1.82, 2.24) is 5.43 Å². The van der Waals surface area contributed by atoms with Gasteiger partial charge in [0.05, 0.1) is 21.0 Å². The molecule has 22 heavy (non-hydrogen) atoms. The number of amides is 1. The molecule has 0 atom stereocenters. The van der Waals surface area contributed by atoms with Crippen LogP contribution in [0.25, 0.3) is 0 Å². The predicted molar refractivity (Wildman–Crippen MR) is 83.7 cm³/mol. The maximum atomic E-state index is 11.5. The average molecular weight is 340 g/mol. The number of carbonyl (C=O) groups is 1. The van der Waals surface area contributed by atoms with Crippen molar-refractivity contribution >= 4 is 40.1 Å². The number of rotatable bonds is 6. The molecule has 114 valence electrons. The van der Waals surface area contributed by atoms with E-state index in [1.54, 1.807) is 30.3 Å². The second-order valence-electron chi connectivity index (χ2n) is 3.95. The summed E-state index contributed by atoms with van der Waals surface area (Å²) in [6, 6.07) is 9.69. The van der Waals surface area contributed by atoms with E-state index in [0.29, 0.717) is 15.6 Å². The van der Waals surface area contributed by atoms with Gasteiger partial charge in [-0.15, -0.1) is 0 Å². The van der Waals surface area contributed by atoms with Crippen LogP contribution in [0.2, 0.25) is 5.02 Å². The largest absolute Gasteiger partial charge is 0.482 e. The zero-order valence-electron chi connectivity index (χ0n) is 11.1. The fourth-order valence-corrected chi connectivity index (χ4v) is 2.30. The van der Waals surface area contributed by atoms with Crippen molar-refractivity contribution < 1.29 is 14.5 Å².